The van der Waals surface area contributed by atoms with E-state index in [0.717, 1.165) is 11.3 Å². The number of hydrogen-bond acceptors (Lipinski definition) is 3. The van der Waals surface area contributed by atoms with Crippen molar-refractivity contribution in [2.75, 3.05) is 23.7 Å². The van der Waals surface area contributed by atoms with Crippen molar-refractivity contribution < 1.29 is 9.59 Å². The maximum Gasteiger partial charge on any atom is 0.251 e. The predicted octanol–water partition coefficient (Wildman–Crippen LogP) is 2.80. The lowest BCUT2D eigenvalue weighted by atomic mass is 10.2. The highest BCUT2D eigenvalue weighted by Crippen LogP contribution is 2.13. The highest BCUT2D eigenvalue weighted by Gasteiger charge is 2.07. The average molecular weight is 311 g/mol. The molecule has 0 saturated carbocycles. The van der Waals surface area contributed by atoms with Crippen LogP contribution in [-0.4, -0.2) is 24.9 Å². The molecule has 2 rings (SSSR count). The molecule has 0 unspecified atom stereocenters. The SMILES string of the molecule is CCNC(=O)c1cccc(NC(=O)CNc2ccccc2C)c1. The van der Waals surface area contributed by atoms with Gasteiger partial charge in [-0.05, 0) is 43.7 Å². The molecule has 0 heterocycles. The molecule has 0 aliphatic carbocycles. The molecule has 0 spiro atoms. The highest BCUT2D eigenvalue weighted by molar-refractivity contribution is 5.98. The maximum atomic E-state index is 12.0. The zero-order chi connectivity index (χ0) is 16.7. The van der Waals surface area contributed by atoms with Crippen LogP contribution in [0.3, 0.4) is 0 Å². The van der Waals surface area contributed by atoms with Gasteiger partial charge in [-0.3, -0.25) is 9.59 Å². The molecule has 0 atom stereocenters. The van der Waals surface area contributed by atoms with E-state index in [1.807, 2.05) is 38.1 Å². The van der Waals surface area contributed by atoms with Gasteiger partial charge in [-0.1, -0.05) is 24.3 Å². The third-order valence-corrected chi connectivity index (χ3v) is 3.33. The van der Waals surface area contributed by atoms with E-state index in [2.05, 4.69) is 16.0 Å². The molecule has 0 aliphatic heterocycles. The summed E-state index contributed by atoms with van der Waals surface area (Å²) >= 11 is 0. The topological polar surface area (TPSA) is 70.2 Å². The van der Waals surface area contributed by atoms with E-state index in [9.17, 15) is 9.59 Å². The van der Waals surface area contributed by atoms with Gasteiger partial charge in [0.25, 0.3) is 5.91 Å². The first-order valence-corrected chi connectivity index (χ1v) is 7.57. The molecule has 23 heavy (non-hydrogen) atoms. The molecule has 0 bridgehead atoms. The Kier molecular flexibility index (Phi) is 5.74. The molecular weight excluding hydrogens is 290 g/mol. The molecule has 5 heteroatoms. The highest BCUT2D eigenvalue weighted by atomic mass is 16.2. The van der Waals surface area contributed by atoms with Crippen LogP contribution in [0.4, 0.5) is 11.4 Å². The Morgan fingerprint density at radius 1 is 1.04 bits per heavy atom. The van der Waals surface area contributed by atoms with E-state index in [1.165, 1.54) is 0 Å². The number of para-hydroxylation sites is 1. The first-order valence-electron chi connectivity index (χ1n) is 7.57. The second-order valence-corrected chi connectivity index (χ2v) is 5.16. The van der Waals surface area contributed by atoms with Gasteiger partial charge in [0, 0.05) is 23.5 Å². The summed E-state index contributed by atoms with van der Waals surface area (Å²) in [5.41, 5.74) is 3.14. The molecular formula is C18H21N3O2. The van der Waals surface area contributed by atoms with Crippen molar-refractivity contribution in [3.63, 3.8) is 0 Å². The summed E-state index contributed by atoms with van der Waals surface area (Å²) in [4.78, 5) is 23.8. The summed E-state index contributed by atoms with van der Waals surface area (Å²) in [6, 6.07) is 14.7. The zero-order valence-electron chi connectivity index (χ0n) is 13.3. The van der Waals surface area contributed by atoms with Gasteiger partial charge >= 0.3 is 0 Å². The van der Waals surface area contributed by atoms with Gasteiger partial charge in [-0.15, -0.1) is 0 Å². The second-order valence-electron chi connectivity index (χ2n) is 5.16. The molecule has 2 amide bonds. The standard InChI is InChI=1S/C18H21N3O2/c1-3-19-18(23)14-8-6-9-15(11-14)21-17(22)12-20-16-10-5-4-7-13(16)2/h4-11,20H,3,12H2,1-2H3,(H,19,23)(H,21,22). The number of hydrogen-bond donors (Lipinski definition) is 3. The van der Waals surface area contributed by atoms with E-state index in [1.54, 1.807) is 24.3 Å². The third-order valence-electron chi connectivity index (χ3n) is 3.33. The van der Waals surface area contributed by atoms with Crippen LogP contribution >= 0.6 is 0 Å². The van der Waals surface area contributed by atoms with Gasteiger partial charge in [0.15, 0.2) is 0 Å². The smallest absolute Gasteiger partial charge is 0.251 e. The lowest BCUT2D eigenvalue weighted by molar-refractivity contribution is -0.114. The quantitative estimate of drug-likeness (QED) is 0.768. The van der Waals surface area contributed by atoms with Crippen molar-refractivity contribution in [1.82, 2.24) is 5.32 Å². The number of amides is 2. The average Bonchev–Trinajstić information content (AvgIpc) is 2.54. The Labute approximate surface area is 136 Å². The largest absolute Gasteiger partial charge is 0.376 e. The lowest BCUT2D eigenvalue weighted by Gasteiger charge is -2.10. The van der Waals surface area contributed by atoms with E-state index in [4.69, 9.17) is 0 Å². The molecule has 0 saturated heterocycles. The fraction of sp³-hybridized carbons (Fsp3) is 0.222. The lowest BCUT2D eigenvalue weighted by Crippen LogP contribution is -2.24. The predicted molar refractivity (Wildman–Crippen MR) is 92.7 cm³/mol. The Morgan fingerprint density at radius 2 is 1.83 bits per heavy atom. The summed E-state index contributed by atoms with van der Waals surface area (Å²) in [6.45, 7) is 4.57. The van der Waals surface area contributed by atoms with Gasteiger partial charge in [-0.25, -0.2) is 0 Å². The minimum atomic E-state index is -0.165. The van der Waals surface area contributed by atoms with Crippen molar-refractivity contribution in [2.45, 2.75) is 13.8 Å². The van der Waals surface area contributed by atoms with E-state index >= 15 is 0 Å². The number of carbonyl (C=O) groups is 2. The molecule has 2 aromatic carbocycles. The second kappa shape index (κ2) is 7.98. The monoisotopic (exact) mass is 311 g/mol. The summed E-state index contributed by atoms with van der Waals surface area (Å²) in [6.07, 6.45) is 0. The van der Waals surface area contributed by atoms with E-state index in [-0.39, 0.29) is 18.4 Å². The molecule has 120 valence electrons. The molecule has 0 aromatic heterocycles. The summed E-state index contributed by atoms with van der Waals surface area (Å²) < 4.78 is 0. The summed E-state index contributed by atoms with van der Waals surface area (Å²) in [5, 5.41) is 8.62. The molecule has 5 nitrogen and oxygen atoms in total. The summed E-state index contributed by atoms with van der Waals surface area (Å²) in [5.74, 6) is -0.317. The van der Waals surface area contributed by atoms with Gasteiger partial charge in [-0.2, -0.15) is 0 Å². The van der Waals surface area contributed by atoms with Crippen molar-refractivity contribution in [3.8, 4) is 0 Å². The molecule has 3 N–H and O–H groups in total. The number of aryl methyl sites for hydroxylation is 1. The van der Waals surface area contributed by atoms with Crippen LogP contribution in [-0.2, 0) is 4.79 Å². The first kappa shape index (κ1) is 16.5. The molecule has 2 aromatic rings. The van der Waals surface area contributed by atoms with Crippen LogP contribution in [0.25, 0.3) is 0 Å². The number of nitrogens with one attached hydrogen (secondary N) is 3. The number of benzene rings is 2. The Hall–Kier alpha value is -2.82. The summed E-state index contributed by atoms with van der Waals surface area (Å²) in [7, 11) is 0. The molecule has 0 aliphatic rings. The Bertz CT molecular complexity index is 698. The normalized spacial score (nSPS) is 10.0. The third kappa shape index (κ3) is 4.85. The van der Waals surface area contributed by atoms with Crippen LogP contribution in [0.2, 0.25) is 0 Å². The van der Waals surface area contributed by atoms with Crippen LogP contribution < -0.4 is 16.0 Å². The van der Waals surface area contributed by atoms with Crippen molar-refractivity contribution in [1.29, 1.82) is 0 Å². The minimum Gasteiger partial charge on any atom is -0.376 e. The number of rotatable bonds is 6. The minimum absolute atomic E-state index is 0.151. The van der Waals surface area contributed by atoms with Crippen LogP contribution in [0.15, 0.2) is 48.5 Å². The van der Waals surface area contributed by atoms with Crippen molar-refractivity contribution in [3.05, 3.63) is 59.7 Å². The Morgan fingerprint density at radius 3 is 2.57 bits per heavy atom. The van der Waals surface area contributed by atoms with Gasteiger partial charge in [0.1, 0.15) is 0 Å². The number of anilines is 2. The van der Waals surface area contributed by atoms with Crippen LogP contribution in [0.5, 0.6) is 0 Å². The number of carbonyl (C=O) groups excluding carboxylic acids is 2. The van der Waals surface area contributed by atoms with Crippen molar-refractivity contribution >= 4 is 23.2 Å². The molecule has 0 fully saturated rings. The fourth-order valence-corrected chi connectivity index (χ4v) is 2.15. The van der Waals surface area contributed by atoms with Crippen LogP contribution in [0, 0.1) is 6.92 Å². The Balaban J connectivity index is 1.94. The first-order chi connectivity index (χ1) is 11.1. The van der Waals surface area contributed by atoms with Gasteiger partial charge < -0.3 is 16.0 Å². The van der Waals surface area contributed by atoms with E-state index in [0.29, 0.717) is 17.8 Å². The zero-order valence-corrected chi connectivity index (χ0v) is 13.3. The fourth-order valence-electron chi connectivity index (χ4n) is 2.15. The van der Waals surface area contributed by atoms with Gasteiger partial charge in [0.2, 0.25) is 5.91 Å². The van der Waals surface area contributed by atoms with Crippen LogP contribution in [0.1, 0.15) is 22.8 Å². The maximum absolute atomic E-state index is 12.0. The van der Waals surface area contributed by atoms with Crippen molar-refractivity contribution in [2.24, 2.45) is 0 Å². The molecule has 0 radical (unpaired) electrons. The van der Waals surface area contributed by atoms with Gasteiger partial charge in [0.05, 0.1) is 6.54 Å². The van der Waals surface area contributed by atoms with E-state index < -0.39 is 0 Å².